The number of thioether (sulfide) groups is 2. The minimum Gasteiger partial charge on any atom is -0.467 e. The number of hydrogen-bond donors (Lipinski definition) is 2. The Morgan fingerprint density at radius 3 is 2.13 bits per heavy atom. The van der Waals surface area contributed by atoms with Crippen molar-refractivity contribution < 1.29 is 19.1 Å². The maximum atomic E-state index is 13.3. The summed E-state index contributed by atoms with van der Waals surface area (Å²) in [7, 11) is 2.70. The smallest absolute Gasteiger partial charge is 0.336 e. The molecule has 3 rings (SSSR count). The second kappa shape index (κ2) is 8.81. The highest BCUT2D eigenvalue weighted by Gasteiger charge is 2.55. The summed E-state index contributed by atoms with van der Waals surface area (Å²) in [4.78, 5) is 28.1. The summed E-state index contributed by atoms with van der Waals surface area (Å²) < 4.78 is 10.3. The molecule has 0 fully saturated rings. The number of fused-ring (bicyclic) bond motifs is 1. The normalized spacial score (nSPS) is 22.4. The van der Waals surface area contributed by atoms with Gasteiger partial charge in [0.1, 0.15) is 5.54 Å². The van der Waals surface area contributed by atoms with Gasteiger partial charge in [-0.2, -0.15) is 0 Å². The zero-order chi connectivity index (χ0) is 21.9. The molecule has 6 nitrogen and oxygen atoms in total. The lowest BCUT2D eigenvalue weighted by Gasteiger charge is -2.46. The Labute approximate surface area is 185 Å². The van der Waals surface area contributed by atoms with Crippen molar-refractivity contribution in [2.75, 3.05) is 37.4 Å². The fraction of sp³-hybridized carbons (Fsp3) is 0.364. The van der Waals surface area contributed by atoms with Gasteiger partial charge >= 0.3 is 11.9 Å². The van der Waals surface area contributed by atoms with E-state index in [1.54, 1.807) is 30.4 Å². The predicted octanol–water partition coefficient (Wildman–Crippen LogP) is 4.36. The van der Waals surface area contributed by atoms with Gasteiger partial charge in [0.15, 0.2) is 5.54 Å². The highest BCUT2D eigenvalue weighted by molar-refractivity contribution is 7.98. The molecule has 1 heterocycles. The molecule has 160 valence electrons. The first-order valence-electron chi connectivity index (χ1n) is 9.37. The first-order valence-corrected chi connectivity index (χ1v) is 11.8. The third kappa shape index (κ3) is 3.98. The Hall–Kier alpha value is -2.32. The largest absolute Gasteiger partial charge is 0.467 e. The molecular weight excluding hydrogens is 420 g/mol. The Bertz CT molecular complexity index is 951. The summed E-state index contributed by atoms with van der Waals surface area (Å²) in [5.74, 6) is -0.914. The van der Waals surface area contributed by atoms with Gasteiger partial charge in [0.05, 0.1) is 14.2 Å². The number of benzene rings is 2. The molecule has 1 aliphatic heterocycles. The number of carbonyl (C=O) groups excluding carboxylic acids is 2. The van der Waals surface area contributed by atoms with Crippen LogP contribution in [0.1, 0.15) is 18.9 Å². The molecule has 0 spiro atoms. The van der Waals surface area contributed by atoms with E-state index in [1.165, 1.54) is 14.2 Å². The second-order valence-electron chi connectivity index (χ2n) is 7.29. The topological polar surface area (TPSA) is 76.7 Å². The van der Waals surface area contributed by atoms with Crippen molar-refractivity contribution in [2.24, 2.45) is 0 Å². The molecule has 0 radical (unpaired) electrons. The zero-order valence-electron chi connectivity index (χ0n) is 17.7. The van der Waals surface area contributed by atoms with Gasteiger partial charge in [-0.05, 0) is 61.9 Å². The maximum Gasteiger partial charge on any atom is 0.336 e. The number of ether oxygens (including phenoxy) is 2. The number of anilines is 2. The monoisotopic (exact) mass is 446 g/mol. The van der Waals surface area contributed by atoms with E-state index in [1.807, 2.05) is 55.0 Å². The van der Waals surface area contributed by atoms with Crippen LogP contribution < -0.4 is 10.6 Å². The van der Waals surface area contributed by atoms with Gasteiger partial charge in [0.2, 0.25) is 0 Å². The highest BCUT2D eigenvalue weighted by atomic mass is 32.2. The highest BCUT2D eigenvalue weighted by Crippen LogP contribution is 2.46. The molecule has 8 heteroatoms. The minimum atomic E-state index is -1.27. The van der Waals surface area contributed by atoms with Gasteiger partial charge in [0, 0.05) is 33.2 Å². The van der Waals surface area contributed by atoms with E-state index >= 15 is 0 Å². The van der Waals surface area contributed by atoms with Crippen LogP contribution in [0.3, 0.4) is 0 Å². The van der Waals surface area contributed by atoms with Gasteiger partial charge < -0.3 is 20.1 Å². The van der Waals surface area contributed by atoms with Crippen LogP contribution in [-0.4, -0.2) is 44.2 Å². The van der Waals surface area contributed by atoms with Gasteiger partial charge in [-0.3, -0.25) is 0 Å². The van der Waals surface area contributed by atoms with Crippen molar-refractivity contribution in [1.82, 2.24) is 0 Å². The summed E-state index contributed by atoms with van der Waals surface area (Å²) in [6.45, 7) is 1.74. The molecule has 0 amide bonds. The number of esters is 2. The lowest BCUT2D eigenvalue weighted by atomic mass is 9.73. The molecule has 0 saturated heterocycles. The molecule has 0 bridgehead atoms. The minimum absolute atomic E-state index is 0.120. The second-order valence-corrected chi connectivity index (χ2v) is 9.05. The predicted molar refractivity (Wildman–Crippen MR) is 122 cm³/mol. The van der Waals surface area contributed by atoms with E-state index in [2.05, 4.69) is 10.6 Å². The third-order valence-corrected chi connectivity index (χ3v) is 6.80. The van der Waals surface area contributed by atoms with E-state index in [9.17, 15) is 9.59 Å². The Morgan fingerprint density at radius 2 is 1.57 bits per heavy atom. The Morgan fingerprint density at radius 1 is 0.967 bits per heavy atom. The van der Waals surface area contributed by atoms with Crippen molar-refractivity contribution in [3.63, 3.8) is 0 Å². The number of rotatable bonds is 6. The first kappa shape index (κ1) is 22.4. The van der Waals surface area contributed by atoms with Crippen molar-refractivity contribution in [3.8, 4) is 0 Å². The standard InChI is InChI=1S/C22H26N2O4S2/c1-21(19(25)27-2)13-22(20(26)28-3,23-14-6-8-15(29-4)9-7-14)17-12-16(30-5)10-11-18(17)24-21/h6-12,23-24H,13H2,1-5H3/t21-,22+/m1/s1. The Kier molecular flexibility index (Phi) is 6.57. The van der Waals surface area contributed by atoms with Crippen LogP contribution in [0.5, 0.6) is 0 Å². The zero-order valence-corrected chi connectivity index (χ0v) is 19.3. The molecule has 1 aliphatic rings. The fourth-order valence-corrected chi connectivity index (χ4v) is 4.72. The number of nitrogens with one attached hydrogen (secondary N) is 2. The van der Waals surface area contributed by atoms with E-state index in [-0.39, 0.29) is 6.42 Å². The molecular formula is C22H26N2O4S2. The third-order valence-electron chi connectivity index (χ3n) is 5.33. The van der Waals surface area contributed by atoms with E-state index in [0.29, 0.717) is 5.69 Å². The fourth-order valence-electron chi connectivity index (χ4n) is 3.87. The average molecular weight is 447 g/mol. The molecule has 0 saturated carbocycles. The molecule has 0 unspecified atom stereocenters. The van der Waals surface area contributed by atoms with Gasteiger partial charge in [-0.15, -0.1) is 23.5 Å². The van der Waals surface area contributed by atoms with E-state index < -0.39 is 23.0 Å². The van der Waals surface area contributed by atoms with Crippen LogP contribution in [0.25, 0.3) is 0 Å². The molecule has 2 N–H and O–H groups in total. The summed E-state index contributed by atoms with van der Waals surface area (Å²) >= 11 is 3.22. The van der Waals surface area contributed by atoms with Crippen molar-refractivity contribution in [3.05, 3.63) is 48.0 Å². The van der Waals surface area contributed by atoms with E-state index in [4.69, 9.17) is 9.47 Å². The van der Waals surface area contributed by atoms with Crippen LogP contribution in [0, 0.1) is 0 Å². The lowest BCUT2D eigenvalue weighted by molar-refractivity contribution is -0.151. The van der Waals surface area contributed by atoms with Gasteiger partial charge in [0.25, 0.3) is 0 Å². The van der Waals surface area contributed by atoms with Crippen molar-refractivity contribution in [1.29, 1.82) is 0 Å². The molecule has 0 aliphatic carbocycles. The maximum absolute atomic E-state index is 13.3. The quantitative estimate of drug-likeness (QED) is 0.501. The van der Waals surface area contributed by atoms with Crippen molar-refractivity contribution >= 4 is 46.8 Å². The first-order chi connectivity index (χ1) is 14.3. The molecule has 30 heavy (non-hydrogen) atoms. The SMILES string of the molecule is COC(=O)[C@@]1(C)C[C@@](Nc2ccc(SC)cc2)(C(=O)OC)c2cc(SC)ccc2N1. The average Bonchev–Trinajstić information content (AvgIpc) is 2.77. The van der Waals surface area contributed by atoms with Crippen LogP contribution in [0.15, 0.2) is 52.3 Å². The molecule has 2 atom stereocenters. The lowest BCUT2D eigenvalue weighted by Crippen LogP contribution is -2.59. The summed E-state index contributed by atoms with van der Waals surface area (Å²) in [6, 6.07) is 13.6. The van der Waals surface area contributed by atoms with Crippen molar-refractivity contribution in [2.45, 2.75) is 34.2 Å². The molecule has 2 aromatic rings. The van der Waals surface area contributed by atoms with Crippen LogP contribution >= 0.6 is 23.5 Å². The van der Waals surface area contributed by atoms with Crippen LogP contribution in [0.4, 0.5) is 11.4 Å². The summed E-state index contributed by atoms with van der Waals surface area (Å²) in [5, 5.41) is 6.68. The molecule has 0 aromatic heterocycles. The number of hydrogen-bond acceptors (Lipinski definition) is 8. The summed E-state index contributed by atoms with van der Waals surface area (Å²) in [6.07, 6.45) is 4.10. The van der Waals surface area contributed by atoms with Gasteiger partial charge in [-0.1, -0.05) is 0 Å². The van der Waals surface area contributed by atoms with E-state index in [0.717, 1.165) is 21.0 Å². The number of methoxy groups -OCH3 is 2. The summed E-state index contributed by atoms with van der Waals surface area (Å²) in [5.41, 5.74) is -0.219. The van der Waals surface area contributed by atoms with Crippen LogP contribution in [-0.2, 0) is 24.6 Å². The molecule has 2 aromatic carbocycles. The van der Waals surface area contributed by atoms with Crippen LogP contribution in [0.2, 0.25) is 0 Å². The van der Waals surface area contributed by atoms with Gasteiger partial charge in [-0.25, -0.2) is 9.59 Å². The number of carbonyl (C=O) groups is 2. The Balaban J connectivity index is 2.21.